The van der Waals surface area contributed by atoms with E-state index in [-0.39, 0.29) is 5.56 Å². The van der Waals surface area contributed by atoms with E-state index in [1.54, 1.807) is 30.3 Å². The normalized spacial score (nSPS) is 10.5. The molecule has 2 aromatic carbocycles. The van der Waals surface area contributed by atoms with E-state index in [1.165, 1.54) is 0 Å². The standard InChI is InChI=1S/C14H10Cl2O2S/c15-12-3-1-2-10(13(12)16)8-4-5-11(14(17)18)9(6-8)7-19/h1-6,19H,7H2,(H,17,18). The Morgan fingerprint density at radius 2 is 1.95 bits per heavy atom. The predicted octanol–water partition coefficient (Wildman–Crippen LogP) is 4.79. The van der Waals surface area contributed by atoms with Crippen LogP contribution < -0.4 is 0 Å². The molecular formula is C14H10Cl2O2S. The van der Waals surface area contributed by atoms with Crippen molar-refractivity contribution >= 4 is 41.8 Å². The van der Waals surface area contributed by atoms with E-state index in [0.717, 1.165) is 11.1 Å². The Morgan fingerprint density at radius 1 is 1.21 bits per heavy atom. The second-order valence-electron chi connectivity index (χ2n) is 3.94. The highest BCUT2D eigenvalue weighted by molar-refractivity contribution is 7.79. The summed E-state index contributed by atoms with van der Waals surface area (Å²) >= 11 is 16.3. The van der Waals surface area contributed by atoms with Gasteiger partial charge in [0, 0.05) is 11.3 Å². The molecule has 0 aliphatic carbocycles. The van der Waals surface area contributed by atoms with E-state index in [4.69, 9.17) is 28.3 Å². The zero-order valence-electron chi connectivity index (χ0n) is 9.73. The lowest BCUT2D eigenvalue weighted by molar-refractivity contribution is 0.0696. The van der Waals surface area contributed by atoms with Gasteiger partial charge >= 0.3 is 5.97 Å². The smallest absolute Gasteiger partial charge is 0.335 e. The predicted molar refractivity (Wildman–Crippen MR) is 81.5 cm³/mol. The number of carboxylic acids is 1. The van der Waals surface area contributed by atoms with Crippen LogP contribution in [0.4, 0.5) is 0 Å². The van der Waals surface area contributed by atoms with Crippen LogP contribution in [0.5, 0.6) is 0 Å². The summed E-state index contributed by atoms with van der Waals surface area (Å²) in [5.74, 6) is -0.624. The number of hydrogen-bond donors (Lipinski definition) is 2. The van der Waals surface area contributed by atoms with Gasteiger partial charge in [0.15, 0.2) is 0 Å². The van der Waals surface area contributed by atoms with Crippen LogP contribution in [0.15, 0.2) is 36.4 Å². The van der Waals surface area contributed by atoms with Crippen molar-refractivity contribution in [2.75, 3.05) is 0 Å². The first-order valence-corrected chi connectivity index (χ1v) is 6.85. The Morgan fingerprint density at radius 3 is 2.58 bits per heavy atom. The lowest BCUT2D eigenvalue weighted by Gasteiger charge is -2.09. The largest absolute Gasteiger partial charge is 0.478 e. The summed E-state index contributed by atoms with van der Waals surface area (Å²) in [6, 6.07) is 10.4. The zero-order chi connectivity index (χ0) is 14.0. The van der Waals surface area contributed by atoms with Crippen molar-refractivity contribution < 1.29 is 9.90 Å². The van der Waals surface area contributed by atoms with Gasteiger partial charge in [0.2, 0.25) is 0 Å². The first-order chi connectivity index (χ1) is 9.04. The van der Waals surface area contributed by atoms with Gasteiger partial charge in [-0.2, -0.15) is 12.6 Å². The third-order valence-electron chi connectivity index (χ3n) is 2.77. The molecule has 0 heterocycles. The van der Waals surface area contributed by atoms with Crippen LogP contribution in [0.3, 0.4) is 0 Å². The summed E-state index contributed by atoms with van der Waals surface area (Å²) < 4.78 is 0. The summed E-state index contributed by atoms with van der Waals surface area (Å²) in [7, 11) is 0. The molecule has 0 fully saturated rings. The summed E-state index contributed by atoms with van der Waals surface area (Å²) in [4.78, 5) is 11.1. The minimum Gasteiger partial charge on any atom is -0.478 e. The number of halogens is 2. The SMILES string of the molecule is O=C(O)c1ccc(-c2cccc(Cl)c2Cl)cc1CS. The van der Waals surface area contributed by atoms with Crippen molar-refractivity contribution in [1.82, 2.24) is 0 Å². The molecule has 0 aliphatic rings. The zero-order valence-corrected chi connectivity index (χ0v) is 12.1. The van der Waals surface area contributed by atoms with E-state index in [9.17, 15) is 4.79 Å². The maximum absolute atomic E-state index is 11.1. The highest BCUT2D eigenvalue weighted by atomic mass is 35.5. The van der Waals surface area contributed by atoms with E-state index < -0.39 is 5.97 Å². The number of benzene rings is 2. The molecule has 0 spiro atoms. The number of carboxylic acid groups (broad SMARTS) is 1. The van der Waals surface area contributed by atoms with Gasteiger partial charge < -0.3 is 5.11 Å². The maximum Gasteiger partial charge on any atom is 0.335 e. The molecule has 98 valence electrons. The van der Waals surface area contributed by atoms with Gasteiger partial charge in [0.1, 0.15) is 0 Å². The first-order valence-electron chi connectivity index (χ1n) is 5.46. The van der Waals surface area contributed by atoms with Gasteiger partial charge in [-0.25, -0.2) is 4.79 Å². The lowest BCUT2D eigenvalue weighted by Crippen LogP contribution is -2.01. The summed E-state index contributed by atoms with van der Waals surface area (Å²) in [6.07, 6.45) is 0. The molecule has 2 aromatic rings. The van der Waals surface area contributed by atoms with Crippen LogP contribution >= 0.6 is 35.8 Å². The molecule has 0 bridgehead atoms. The van der Waals surface area contributed by atoms with Crippen LogP contribution in [0, 0.1) is 0 Å². The fourth-order valence-corrected chi connectivity index (χ4v) is 2.50. The number of hydrogen-bond acceptors (Lipinski definition) is 2. The molecule has 5 heteroatoms. The van der Waals surface area contributed by atoms with Crippen molar-refractivity contribution in [3.8, 4) is 11.1 Å². The third-order valence-corrected chi connectivity index (χ3v) is 3.93. The molecule has 2 rings (SSSR count). The molecule has 1 N–H and O–H groups in total. The van der Waals surface area contributed by atoms with Crippen LogP contribution in [0.2, 0.25) is 10.0 Å². The second kappa shape index (κ2) is 5.87. The lowest BCUT2D eigenvalue weighted by atomic mass is 10.00. The molecule has 0 saturated heterocycles. The quantitative estimate of drug-likeness (QED) is 0.800. The average molecular weight is 313 g/mol. The molecule has 0 aliphatic heterocycles. The maximum atomic E-state index is 11.1. The van der Waals surface area contributed by atoms with Gasteiger partial charge in [-0.3, -0.25) is 0 Å². The van der Waals surface area contributed by atoms with E-state index >= 15 is 0 Å². The molecule has 0 aromatic heterocycles. The molecule has 0 amide bonds. The highest BCUT2D eigenvalue weighted by Gasteiger charge is 2.12. The number of aromatic carboxylic acids is 1. The Labute approximate surface area is 126 Å². The first kappa shape index (κ1) is 14.3. The minimum atomic E-state index is -0.965. The van der Waals surface area contributed by atoms with Crippen molar-refractivity contribution in [1.29, 1.82) is 0 Å². The Bertz CT molecular complexity index is 641. The second-order valence-corrected chi connectivity index (χ2v) is 5.04. The van der Waals surface area contributed by atoms with Crippen LogP contribution in [0.25, 0.3) is 11.1 Å². The van der Waals surface area contributed by atoms with Crippen LogP contribution in [0.1, 0.15) is 15.9 Å². The molecule has 0 atom stereocenters. The van der Waals surface area contributed by atoms with Gasteiger partial charge in [0.05, 0.1) is 15.6 Å². The van der Waals surface area contributed by atoms with Gasteiger partial charge in [0.25, 0.3) is 0 Å². The average Bonchev–Trinajstić information content (AvgIpc) is 2.41. The van der Waals surface area contributed by atoms with Crippen LogP contribution in [-0.2, 0) is 5.75 Å². The Hall–Kier alpha value is -1.16. The molecule has 19 heavy (non-hydrogen) atoms. The monoisotopic (exact) mass is 312 g/mol. The molecular weight excluding hydrogens is 303 g/mol. The Balaban J connectivity index is 2.58. The summed E-state index contributed by atoms with van der Waals surface area (Å²) in [5, 5.41) is 10.00. The number of thiol groups is 1. The molecule has 2 nitrogen and oxygen atoms in total. The van der Waals surface area contributed by atoms with Gasteiger partial charge in [-0.15, -0.1) is 0 Å². The number of carbonyl (C=O) groups is 1. The fraction of sp³-hybridized carbons (Fsp3) is 0.0714. The van der Waals surface area contributed by atoms with Crippen molar-refractivity contribution in [2.24, 2.45) is 0 Å². The molecule has 0 unspecified atom stereocenters. The van der Waals surface area contributed by atoms with Crippen LogP contribution in [-0.4, -0.2) is 11.1 Å². The van der Waals surface area contributed by atoms with E-state index in [2.05, 4.69) is 12.6 Å². The topological polar surface area (TPSA) is 37.3 Å². The molecule has 0 radical (unpaired) electrons. The van der Waals surface area contributed by atoms with Gasteiger partial charge in [-0.1, -0.05) is 41.4 Å². The summed E-state index contributed by atoms with van der Waals surface area (Å²) in [6.45, 7) is 0. The third kappa shape index (κ3) is 2.89. The van der Waals surface area contributed by atoms with Crippen molar-refractivity contribution in [2.45, 2.75) is 5.75 Å². The molecule has 0 saturated carbocycles. The highest BCUT2D eigenvalue weighted by Crippen LogP contribution is 2.34. The minimum absolute atomic E-state index is 0.247. The van der Waals surface area contributed by atoms with E-state index in [1.807, 2.05) is 6.07 Å². The fourth-order valence-electron chi connectivity index (χ4n) is 1.83. The Kier molecular flexibility index (Phi) is 4.40. The van der Waals surface area contributed by atoms with E-state index in [0.29, 0.717) is 21.4 Å². The van der Waals surface area contributed by atoms with Crippen molar-refractivity contribution in [3.05, 3.63) is 57.6 Å². The van der Waals surface area contributed by atoms with Crippen molar-refractivity contribution in [3.63, 3.8) is 0 Å². The number of rotatable bonds is 3. The van der Waals surface area contributed by atoms with Gasteiger partial charge in [-0.05, 0) is 29.3 Å². The summed E-state index contributed by atoms with van der Waals surface area (Å²) in [5.41, 5.74) is 2.48.